The van der Waals surface area contributed by atoms with Gasteiger partial charge in [-0.3, -0.25) is 4.90 Å². The van der Waals surface area contributed by atoms with Crippen molar-refractivity contribution in [3.05, 3.63) is 146 Å². The summed E-state index contributed by atoms with van der Waals surface area (Å²) >= 11 is 0. The Morgan fingerprint density at radius 2 is 1.13 bits per heavy atom. The van der Waals surface area contributed by atoms with Gasteiger partial charge in [0.05, 0.1) is 23.3 Å². The van der Waals surface area contributed by atoms with Crippen molar-refractivity contribution in [1.82, 2.24) is 24.9 Å². The van der Waals surface area contributed by atoms with Gasteiger partial charge >= 0.3 is 0 Å². The van der Waals surface area contributed by atoms with Crippen LogP contribution < -0.4 is 4.90 Å². The first-order chi connectivity index (χ1) is 22.2. The molecule has 0 radical (unpaired) electrons. The molecule has 0 aliphatic carbocycles. The van der Waals surface area contributed by atoms with Crippen molar-refractivity contribution in [2.45, 2.75) is 0 Å². The predicted octanol–water partition coefficient (Wildman–Crippen LogP) is 9.17. The smallest absolute Gasteiger partial charge is 0.238 e. The zero-order valence-corrected chi connectivity index (χ0v) is 24.7. The average molecular weight is 601 g/mol. The Hall–Kier alpha value is -5.83. The summed E-state index contributed by atoms with van der Waals surface area (Å²) in [7, 11) is -1.33. The third kappa shape index (κ3) is 4.88. The van der Waals surface area contributed by atoms with Crippen LogP contribution in [0.4, 0.5) is 17.3 Å². The third-order valence-electron chi connectivity index (χ3n) is 7.67. The summed E-state index contributed by atoms with van der Waals surface area (Å²) in [4.78, 5) is 26.1. The van der Waals surface area contributed by atoms with E-state index in [9.17, 15) is 4.55 Å². The minimum absolute atomic E-state index is 0.385. The molecule has 0 aliphatic rings. The molecular formula is C37H24N6OS. The highest BCUT2D eigenvalue weighted by Crippen LogP contribution is 2.45. The van der Waals surface area contributed by atoms with Gasteiger partial charge in [0.25, 0.3) is 0 Å². The van der Waals surface area contributed by atoms with Crippen molar-refractivity contribution in [2.75, 3.05) is 4.90 Å². The molecule has 0 saturated heterocycles. The van der Waals surface area contributed by atoms with Crippen LogP contribution in [0, 0.1) is 0 Å². The standard InChI is InChI=1S/C37H24N6OS/c44-45-32-19-11-10-18-29(32)30-21-20-28(22-33(30)45)43(31-23-38-24-39-34(31)25-12-4-1-5-13-25)37-41-35(26-14-6-2-7-15-26)40-36(42-37)27-16-8-3-9-17-27/h1-24H. The quantitative estimate of drug-likeness (QED) is 0.176. The van der Waals surface area contributed by atoms with Gasteiger partial charge in [-0.25, -0.2) is 15.0 Å². The van der Waals surface area contributed by atoms with E-state index in [4.69, 9.17) is 19.9 Å². The van der Waals surface area contributed by atoms with Crippen LogP contribution in [0.3, 0.4) is 0 Å². The molecular weight excluding hydrogens is 577 g/mol. The number of hydrogen-bond donors (Lipinski definition) is 0. The SMILES string of the molecule is [O-][s+]1c2ccccc2c2ccc(N(c3nc(-c4ccccc4)nc(-c4ccccc4)n3)c3cncnc3-c3ccccc3)cc21. The number of hydrogen-bond acceptors (Lipinski definition) is 7. The zero-order chi connectivity index (χ0) is 30.2. The highest BCUT2D eigenvalue weighted by atomic mass is 32.2. The number of benzene rings is 5. The van der Waals surface area contributed by atoms with E-state index < -0.39 is 10.8 Å². The maximum Gasteiger partial charge on any atom is 0.238 e. The van der Waals surface area contributed by atoms with Gasteiger partial charge in [-0.1, -0.05) is 103 Å². The fraction of sp³-hybridized carbons (Fsp3) is 0. The Morgan fingerprint density at radius 3 is 1.80 bits per heavy atom. The number of fused-ring (bicyclic) bond motifs is 3. The molecule has 0 N–H and O–H groups in total. The van der Waals surface area contributed by atoms with Crippen LogP contribution in [0.5, 0.6) is 0 Å². The van der Waals surface area contributed by atoms with Gasteiger partial charge in [0.15, 0.2) is 21.0 Å². The Bertz CT molecular complexity index is 2230. The minimum atomic E-state index is -1.33. The van der Waals surface area contributed by atoms with Crippen molar-refractivity contribution < 1.29 is 4.55 Å². The maximum atomic E-state index is 13.7. The molecule has 8 heteroatoms. The minimum Gasteiger partial charge on any atom is -0.590 e. The second kappa shape index (κ2) is 11.3. The molecule has 0 saturated carbocycles. The van der Waals surface area contributed by atoms with Crippen LogP contribution in [0.2, 0.25) is 0 Å². The first kappa shape index (κ1) is 26.8. The van der Waals surface area contributed by atoms with Crippen molar-refractivity contribution in [1.29, 1.82) is 0 Å². The summed E-state index contributed by atoms with van der Waals surface area (Å²) in [6, 6.07) is 43.5. The number of anilines is 3. The molecule has 0 fully saturated rings. The highest BCUT2D eigenvalue weighted by molar-refractivity contribution is 7.37. The molecule has 1 unspecified atom stereocenters. The normalized spacial score (nSPS) is 11.6. The largest absolute Gasteiger partial charge is 0.590 e. The monoisotopic (exact) mass is 600 g/mol. The Balaban J connectivity index is 1.42. The fourth-order valence-corrected chi connectivity index (χ4v) is 6.98. The summed E-state index contributed by atoms with van der Waals surface area (Å²) in [5, 5.41) is 1.93. The third-order valence-corrected chi connectivity index (χ3v) is 9.16. The number of aromatic nitrogens is 5. The van der Waals surface area contributed by atoms with Gasteiger partial charge in [0, 0.05) is 33.5 Å². The van der Waals surface area contributed by atoms with Gasteiger partial charge in [-0.2, -0.15) is 9.97 Å². The molecule has 45 heavy (non-hydrogen) atoms. The van der Waals surface area contributed by atoms with E-state index >= 15 is 0 Å². The van der Waals surface area contributed by atoms with Gasteiger partial charge in [0.2, 0.25) is 5.95 Å². The van der Waals surface area contributed by atoms with Crippen molar-refractivity contribution >= 4 is 48.2 Å². The highest BCUT2D eigenvalue weighted by Gasteiger charge is 2.25. The molecule has 0 amide bonds. The first-order valence-electron chi connectivity index (χ1n) is 14.4. The lowest BCUT2D eigenvalue weighted by molar-refractivity contribution is 0.602. The fourth-order valence-electron chi connectivity index (χ4n) is 5.56. The van der Waals surface area contributed by atoms with Crippen molar-refractivity contribution in [3.63, 3.8) is 0 Å². The topological polar surface area (TPSA) is 90.8 Å². The second-order valence-electron chi connectivity index (χ2n) is 10.4. The van der Waals surface area contributed by atoms with Crippen LogP contribution in [-0.2, 0) is 0 Å². The molecule has 1 atom stereocenters. The summed E-state index contributed by atoms with van der Waals surface area (Å²) in [5.41, 5.74) is 4.74. The summed E-state index contributed by atoms with van der Waals surface area (Å²) in [6.45, 7) is 0. The summed E-state index contributed by atoms with van der Waals surface area (Å²) < 4.78 is 15.3. The van der Waals surface area contributed by atoms with E-state index in [2.05, 4.69) is 4.98 Å². The molecule has 5 aromatic carbocycles. The van der Waals surface area contributed by atoms with Gasteiger partial charge in [-0.05, 0) is 35.0 Å². The molecule has 3 aromatic heterocycles. The van der Waals surface area contributed by atoms with Crippen molar-refractivity contribution in [3.8, 4) is 34.0 Å². The molecule has 0 aliphatic heterocycles. The van der Waals surface area contributed by atoms with E-state index in [-0.39, 0.29) is 0 Å². The van der Waals surface area contributed by atoms with E-state index in [1.165, 1.54) is 6.33 Å². The number of nitrogens with zero attached hydrogens (tertiary/aromatic N) is 6. The van der Waals surface area contributed by atoms with Gasteiger partial charge in [0.1, 0.15) is 6.33 Å². The summed E-state index contributed by atoms with van der Waals surface area (Å²) in [5.74, 6) is 1.44. The van der Waals surface area contributed by atoms with Crippen LogP contribution in [0.15, 0.2) is 146 Å². The lowest BCUT2D eigenvalue weighted by Crippen LogP contribution is -2.17. The van der Waals surface area contributed by atoms with Crippen LogP contribution in [-0.4, -0.2) is 29.5 Å². The Morgan fingerprint density at radius 1 is 0.556 bits per heavy atom. The van der Waals surface area contributed by atoms with E-state index in [0.717, 1.165) is 42.6 Å². The molecule has 3 heterocycles. The first-order valence-corrected chi connectivity index (χ1v) is 15.6. The maximum absolute atomic E-state index is 13.7. The van der Waals surface area contributed by atoms with E-state index in [1.54, 1.807) is 6.20 Å². The van der Waals surface area contributed by atoms with Gasteiger partial charge < -0.3 is 4.55 Å². The van der Waals surface area contributed by atoms with E-state index in [0.29, 0.717) is 29.0 Å². The number of rotatable bonds is 6. The summed E-state index contributed by atoms with van der Waals surface area (Å²) in [6.07, 6.45) is 3.30. The second-order valence-corrected chi connectivity index (χ2v) is 11.8. The van der Waals surface area contributed by atoms with Crippen LogP contribution in [0.25, 0.3) is 54.2 Å². The van der Waals surface area contributed by atoms with Crippen molar-refractivity contribution in [2.24, 2.45) is 0 Å². The average Bonchev–Trinajstić information content (AvgIpc) is 3.40. The van der Waals surface area contributed by atoms with Crippen LogP contribution in [0.1, 0.15) is 0 Å². The molecule has 0 spiro atoms. The Kier molecular flexibility index (Phi) is 6.75. The molecule has 214 valence electrons. The molecule has 8 rings (SSSR count). The molecule has 7 nitrogen and oxygen atoms in total. The van der Waals surface area contributed by atoms with Crippen LogP contribution >= 0.6 is 10.8 Å². The zero-order valence-electron chi connectivity index (χ0n) is 23.9. The Labute approximate surface area is 262 Å². The lowest BCUT2D eigenvalue weighted by atomic mass is 10.1. The lowest BCUT2D eigenvalue weighted by Gasteiger charge is -2.25. The predicted molar refractivity (Wildman–Crippen MR) is 180 cm³/mol. The molecule has 8 aromatic rings. The molecule has 0 bridgehead atoms. The van der Waals surface area contributed by atoms with E-state index in [1.807, 2.05) is 138 Å². The number of thiophene rings is 1. The van der Waals surface area contributed by atoms with Gasteiger partial charge in [-0.15, -0.1) is 0 Å².